The Morgan fingerprint density at radius 1 is 1.11 bits per heavy atom. The number of nitrogens with one attached hydrogen (secondary N) is 2. The van der Waals surface area contributed by atoms with Gasteiger partial charge in [0.05, 0.1) is 6.42 Å². The van der Waals surface area contributed by atoms with Gasteiger partial charge in [0, 0.05) is 21.8 Å². The van der Waals surface area contributed by atoms with Gasteiger partial charge in [0.2, 0.25) is 0 Å². The first-order chi connectivity index (χ1) is 12.7. The Hall–Kier alpha value is -2.53. The van der Waals surface area contributed by atoms with Crippen LogP contribution in [0.4, 0.5) is 16.2 Å². The molecule has 0 saturated carbocycles. The Kier molecular flexibility index (Phi) is 5.16. The normalized spacial score (nSPS) is 18.1. The molecule has 5 nitrogen and oxygen atoms in total. The molecule has 1 fully saturated rings. The van der Waals surface area contributed by atoms with E-state index in [9.17, 15) is 9.59 Å². The Morgan fingerprint density at radius 3 is 2.48 bits per heavy atom. The van der Waals surface area contributed by atoms with Crippen LogP contribution >= 0.6 is 11.6 Å². The summed E-state index contributed by atoms with van der Waals surface area (Å²) in [6.07, 6.45) is 0.0544. The molecule has 0 spiro atoms. The first-order valence-electron chi connectivity index (χ1n) is 8.80. The van der Waals surface area contributed by atoms with Gasteiger partial charge in [-0.15, -0.1) is 0 Å². The van der Waals surface area contributed by atoms with E-state index in [0.29, 0.717) is 22.8 Å². The number of benzene rings is 2. The molecule has 1 atom stereocenters. The molecule has 6 heteroatoms. The van der Waals surface area contributed by atoms with Crippen molar-refractivity contribution in [2.45, 2.75) is 40.2 Å². The monoisotopic (exact) mass is 386 g/mol. The molecule has 0 aromatic heterocycles. The number of esters is 1. The topological polar surface area (TPSA) is 67.4 Å². The van der Waals surface area contributed by atoms with E-state index in [1.54, 1.807) is 18.2 Å². The molecular formula is C21H23ClN2O3. The summed E-state index contributed by atoms with van der Waals surface area (Å²) in [4.78, 5) is 24.1. The molecule has 1 aliphatic heterocycles. The summed E-state index contributed by atoms with van der Waals surface area (Å²) >= 11 is 5.95. The van der Waals surface area contributed by atoms with Gasteiger partial charge in [-0.2, -0.15) is 0 Å². The lowest BCUT2D eigenvalue weighted by Gasteiger charge is -2.26. The largest absolute Gasteiger partial charge is 0.457 e. The molecule has 27 heavy (non-hydrogen) atoms. The fraction of sp³-hybridized carbons (Fsp3) is 0.333. The Labute approximate surface area is 164 Å². The fourth-order valence-electron chi connectivity index (χ4n) is 3.33. The predicted octanol–water partition coefficient (Wildman–Crippen LogP) is 5.62. The standard InChI is InChI=1S/C21H23ClN2O3/c1-12-5-7-15(10-16(12)19-21(3,4)11-18(25)27-19)23-20(26)24-17-8-6-14(22)9-13(17)2/h5-10,19H,11H2,1-4H3,(H2,23,24,26). The Bertz CT molecular complexity index is 908. The highest BCUT2D eigenvalue weighted by molar-refractivity contribution is 6.30. The van der Waals surface area contributed by atoms with E-state index in [2.05, 4.69) is 10.6 Å². The highest BCUT2D eigenvalue weighted by atomic mass is 35.5. The first-order valence-corrected chi connectivity index (χ1v) is 9.18. The van der Waals surface area contributed by atoms with Crippen LogP contribution in [-0.2, 0) is 9.53 Å². The summed E-state index contributed by atoms with van der Waals surface area (Å²) in [5, 5.41) is 6.28. The minimum absolute atomic E-state index is 0.196. The second-order valence-electron chi connectivity index (χ2n) is 7.64. The van der Waals surface area contributed by atoms with Gasteiger partial charge in [-0.25, -0.2) is 4.79 Å². The molecule has 2 amide bonds. The highest BCUT2D eigenvalue weighted by Crippen LogP contribution is 2.46. The summed E-state index contributed by atoms with van der Waals surface area (Å²) in [6, 6.07) is 10.5. The van der Waals surface area contributed by atoms with Crippen molar-refractivity contribution < 1.29 is 14.3 Å². The Morgan fingerprint density at radius 2 is 1.85 bits per heavy atom. The highest BCUT2D eigenvalue weighted by Gasteiger charge is 2.43. The van der Waals surface area contributed by atoms with E-state index in [-0.39, 0.29) is 23.5 Å². The van der Waals surface area contributed by atoms with Crippen LogP contribution in [0.25, 0.3) is 0 Å². The molecule has 0 aliphatic carbocycles. The van der Waals surface area contributed by atoms with Gasteiger partial charge in [0.25, 0.3) is 0 Å². The van der Waals surface area contributed by atoms with Crippen LogP contribution < -0.4 is 10.6 Å². The van der Waals surface area contributed by atoms with Crippen molar-refractivity contribution in [2.24, 2.45) is 5.41 Å². The van der Waals surface area contributed by atoms with Crippen LogP contribution in [0.2, 0.25) is 5.02 Å². The van der Waals surface area contributed by atoms with Gasteiger partial charge in [0.1, 0.15) is 6.10 Å². The van der Waals surface area contributed by atoms with Gasteiger partial charge in [-0.3, -0.25) is 4.79 Å². The molecule has 2 aromatic carbocycles. The average Bonchev–Trinajstić information content (AvgIpc) is 2.84. The third-order valence-electron chi connectivity index (χ3n) is 4.82. The van der Waals surface area contributed by atoms with E-state index in [4.69, 9.17) is 16.3 Å². The van der Waals surface area contributed by atoms with Crippen LogP contribution in [-0.4, -0.2) is 12.0 Å². The molecule has 1 heterocycles. The molecule has 0 radical (unpaired) electrons. The van der Waals surface area contributed by atoms with E-state index >= 15 is 0 Å². The lowest BCUT2D eigenvalue weighted by atomic mass is 9.80. The zero-order chi connectivity index (χ0) is 19.8. The maximum atomic E-state index is 12.4. The number of ether oxygens (including phenoxy) is 1. The lowest BCUT2D eigenvalue weighted by Crippen LogP contribution is -2.21. The number of anilines is 2. The zero-order valence-electron chi connectivity index (χ0n) is 15.9. The molecule has 1 unspecified atom stereocenters. The first kappa shape index (κ1) is 19.2. The van der Waals surface area contributed by atoms with Crippen LogP contribution in [0.1, 0.15) is 43.1 Å². The third-order valence-corrected chi connectivity index (χ3v) is 5.05. The number of urea groups is 1. The van der Waals surface area contributed by atoms with Gasteiger partial charge in [0.15, 0.2) is 0 Å². The van der Waals surface area contributed by atoms with Crippen molar-refractivity contribution in [3.8, 4) is 0 Å². The summed E-state index contributed by atoms with van der Waals surface area (Å²) in [5.74, 6) is -0.196. The van der Waals surface area contributed by atoms with E-state index < -0.39 is 0 Å². The molecule has 2 N–H and O–H groups in total. The zero-order valence-corrected chi connectivity index (χ0v) is 16.6. The molecule has 2 aromatic rings. The van der Waals surface area contributed by atoms with Crippen molar-refractivity contribution >= 4 is 35.0 Å². The van der Waals surface area contributed by atoms with Crippen molar-refractivity contribution in [3.63, 3.8) is 0 Å². The number of cyclic esters (lactones) is 1. The number of rotatable bonds is 3. The minimum atomic E-state index is -0.349. The van der Waals surface area contributed by atoms with E-state index in [1.807, 2.05) is 45.9 Å². The van der Waals surface area contributed by atoms with Crippen molar-refractivity contribution in [2.75, 3.05) is 10.6 Å². The number of carbonyl (C=O) groups is 2. The SMILES string of the molecule is Cc1cc(Cl)ccc1NC(=O)Nc1ccc(C)c(C2OC(=O)CC2(C)C)c1. The van der Waals surface area contributed by atoms with Crippen LogP contribution in [0, 0.1) is 19.3 Å². The number of aryl methyl sites for hydroxylation is 2. The summed E-state index contributed by atoms with van der Waals surface area (Å²) in [7, 11) is 0. The number of hydrogen-bond acceptors (Lipinski definition) is 3. The number of carbonyl (C=O) groups excluding carboxylic acids is 2. The molecule has 142 valence electrons. The Balaban J connectivity index is 1.78. The summed E-state index contributed by atoms with van der Waals surface area (Å²) in [6.45, 7) is 7.87. The lowest BCUT2D eigenvalue weighted by molar-refractivity contribution is -0.142. The van der Waals surface area contributed by atoms with Gasteiger partial charge >= 0.3 is 12.0 Å². The summed E-state index contributed by atoms with van der Waals surface area (Å²) < 4.78 is 5.55. The third kappa shape index (κ3) is 4.25. The minimum Gasteiger partial charge on any atom is -0.457 e. The maximum Gasteiger partial charge on any atom is 0.323 e. The molecule has 1 aliphatic rings. The van der Waals surface area contributed by atoms with E-state index in [0.717, 1.165) is 16.7 Å². The molecule has 0 bridgehead atoms. The van der Waals surface area contributed by atoms with E-state index in [1.165, 1.54) is 0 Å². The second kappa shape index (κ2) is 7.24. The van der Waals surface area contributed by atoms with Crippen LogP contribution in [0.15, 0.2) is 36.4 Å². The average molecular weight is 387 g/mol. The molecular weight excluding hydrogens is 364 g/mol. The van der Waals surface area contributed by atoms with Crippen molar-refractivity contribution in [1.29, 1.82) is 0 Å². The number of halogens is 1. The fourth-order valence-corrected chi connectivity index (χ4v) is 3.56. The summed E-state index contributed by atoms with van der Waals surface area (Å²) in [5.41, 5.74) is 3.84. The van der Waals surface area contributed by atoms with Gasteiger partial charge in [-0.1, -0.05) is 31.5 Å². The van der Waals surface area contributed by atoms with Crippen LogP contribution in [0.3, 0.4) is 0 Å². The molecule has 3 rings (SSSR count). The number of amides is 2. The van der Waals surface area contributed by atoms with Gasteiger partial charge < -0.3 is 15.4 Å². The molecule has 1 saturated heterocycles. The number of hydrogen-bond donors (Lipinski definition) is 2. The van der Waals surface area contributed by atoms with Crippen molar-refractivity contribution in [3.05, 3.63) is 58.1 Å². The maximum absolute atomic E-state index is 12.4. The predicted molar refractivity (Wildman–Crippen MR) is 107 cm³/mol. The second-order valence-corrected chi connectivity index (χ2v) is 8.08. The van der Waals surface area contributed by atoms with Gasteiger partial charge in [-0.05, 0) is 60.9 Å². The smallest absolute Gasteiger partial charge is 0.323 e. The van der Waals surface area contributed by atoms with Crippen LogP contribution in [0.5, 0.6) is 0 Å². The van der Waals surface area contributed by atoms with Crippen molar-refractivity contribution in [1.82, 2.24) is 0 Å². The quantitative estimate of drug-likeness (QED) is 0.673.